The van der Waals surface area contributed by atoms with Crippen LogP contribution in [0.4, 0.5) is 4.79 Å². The Balaban J connectivity index is 1.20. The molecule has 0 aliphatic carbocycles. The lowest BCUT2D eigenvalue weighted by molar-refractivity contribution is -0.255. The highest BCUT2D eigenvalue weighted by molar-refractivity contribution is 5.91. The summed E-state index contributed by atoms with van der Waals surface area (Å²) in [6.45, 7) is 13.2. The van der Waals surface area contributed by atoms with E-state index in [1.54, 1.807) is 23.6 Å². The number of esters is 4. The number of aromatic nitrogens is 2. The summed E-state index contributed by atoms with van der Waals surface area (Å²) in [5, 5.41) is 10.6. The number of ether oxygens (including phenoxy) is 6. The zero-order valence-corrected chi connectivity index (χ0v) is 38.4. The fourth-order valence-corrected chi connectivity index (χ4v) is 8.00. The Kier molecular flexibility index (Phi) is 17.2. The molecule has 352 valence electrons. The number of benzene rings is 2. The number of nitrogens with zero attached hydrogens (tertiary/aromatic N) is 3. The van der Waals surface area contributed by atoms with Gasteiger partial charge in [-0.05, 0) is 49.3 Å². The summed E-state index contributed by atoms with van der Waals surface area (Å²) >= 11 is 0. The van der Waals surface area contributed by atoms with E-state index < -0.39 is 66.0 Å². The van der Waals surface area contributed by atoms with Crippen LogP contribution in [0.1, 0.15) is 114 Å². The first kappa shape index (κ1) is 49.7. The number of nitrogens with one attached hydrogen (secondary N) is 2. The molecule has 0 saturated carbocycles. The molecule has 3 amide bonds. The average molecular weight is 904 g/mol. The minimum absolute atomic E-state index is 0.0577. The topological polar surface area (TPSA) is 222 Å². The van der Waals surface area contributed by atoms with Crippen molar-refractivity contribution in [2.24, 2.45) is 0 Å². The molecule has 5 rings (SSSR count). The van der Waals surface area contributed by atoms with Crippen molar-refractivity contribution >= 4 is 41.8 Å². The summed E-state index contributed by atoms with van der Waals surface area (Å²) in [5.74, 6) is -3.31. The van der Waals surface area contributed by atoms with Crippen LogP contribution in [-0.4, -0.2) is 125 Å². The number of hydrogen-bond donors (Lipinski definition) is 2. The molecule has 0 unspecified atom stereocenters. The van der Waals surface area contributed by atoms with Crippen molar-refractivity contribution in [1.29, 1.82) is 0 Å². The Labute approximate surface area is 378 Å². The van der Waals surface area contributed by atoms with Crippen molar-refractivity contribution < 1.29 is 62.0 Å². The Hall–Kier alpha value is -6.30. The van der Waals surface area contributed by atoms with Crippen molar-refractivity contribution in [3.8, 4) is 0 Å². The van der Waals surface area contributed by atoms with Gasteiger partial charge in [0, 0.05) is 72.3 Å². The molecule has 1 aromatic heterocycles. The minimum atomic E-state index is -1.34. The van der Waals surface area contributed by atoms with Gasteiger partial charge >= 0.3 is 30.0 Å². The highest BCUT2D eigenvalue weighted by Gasteiger charge is 2.53. The molecule has 2 aliphatic rings. The first-order valence-corrected chi connectivity index (χ1v) is 21.8. The SMILES string of the molecule is CC(=O)OC[C@H]1O[C@@H](c2[nH]nc(C(C)C)c2Cc2ccc(CCCC(=O)NC(C)(C)C(=O)N3CCN(C(=O)OCc4ccccc4)CC3)cc2)[C@H](OC(C)=O)[C@@H](OC(C)=O)[C@H]1OC(C)=O. The van der Waals surface area contributed by atoms with Gasteiger partial charge in [-0.1, -0.05) is 68.4 Å². The quantitative estimate of drug-likeness (QED) is 0.140. The van der Waals surface area contributed by atoms with Crippen molar-refractivity contribution in [2.75, 3.05) is 32.8 Å². The number of aryl methyl sites for hydroxylation is 1. The molecule has 2 N–H and O–H groups in total. The summed E-state index contributed by atoms with van der Waals surface area (Å²) in [6, 6.07) is 17.3. The Morgan fingerprint density at radius 3 is 1.94 bits per heavy atom. The van der Waals surface area contributed by atoms with E-state index in [-0.39, 0.29) is 37.4 Å². The van der Waals surface area contributed by atoms with Gasteiger partial charge in [0.05, 0.1) is 11.4 Å². The van der Waals surface area contributed by atoms with Crippen LogP contribution in [0.15, 0.2) is 54.6 Å². The molecule has 5 atom stereocenters. The number of rotatable bonds is 17. The van der Waals surface area contributed by atoms with Gasteiger partial charge in [0.1, 0.15) is 31.0 Å². The Morgan fingerprint density at radius 1 is 0.754 bits per heavy atom. The van der Waals surface area contributed by atoms with E-state index in [0.717, 1.165) is 29.2 Å². The van der Waals surface area contributed by atoms with Crippen LogP contribution in [0.3, 0.4) is 0 Å². The summed E-state index contributed by atoms with van der Waals surface area (Å²) < 4.78 is 34.1. The highest BCUT2D eigenvalue weighted by Crippen LogP contribution is 2.40. The van der Waals surface area contributed by atoms with Gasteiger partial charge in [-0.3, -0.25) is 33.9 Å². The first-order valence-electron chi connectivity index (χ1n) is 21.8. The Morgan fingerprint density at radius 2 is 1.34 bits per heavy atom. The summed E-state index contributed by atoms with van der Waals surface area (Å²) in [7, 11) is 0. The van der Waals surface area contributed by atoms with E-state index in [1.807, 2.05) is 68.4 Å². The van der Waals surface area contributed by atoms with Gasteiger partial charge in [-0.25, -0.2) is 4.79 Å². The third-order valence-electron chi connectivity index (χ3n) is 11.0. The molecule has 2 aliphatic heterocycles. The van der Waals surface area contributed by atoms with Crippen molar-refractivity contribution in [2.45, 2.75) is 130 Å². The molecule has 18 heteroatoms. The van der Waals surface area contributed by atoms with Crippen LogP contribution in [0.5, 0.6) is 0 Å². The van der Waals surface area contributed by atoms with Crippen LogP contribution in [0, 0.1) is 0 Å². The second-order valence-electron chi connectivity index (χ2n) is 17.1. The highest BCUT2D eigenvalue weighted by atomic mass is 16.7. The summed E-state index contributed by atoms with van der Waals surface area (Å²) in [4.78, 5) is 91.5. The van der Waals surface area contributed by atoms with Gasteiger partial charge < -0.3 is 43.5 Å². The number of piperazine rings is 1. The lowest BCUT2D eigenvalue weighted by Gasteiger charge is -2.44. The van der Waals surface area contributed by atoms with E-state index in [1.165, 1.54) is 20.8 Å². The van der Waals surface area contributed by atoms with Crippen molar-refractivity contribution in [3.63, 3.8) is 0 Å². The van der Waals surface area contributed by atoms with Gasteiger partial charge in [-0.2, -0.15) is 5.10 Å². The van der Waals surface area contributed by atoms with Crippen LogP contribution < -0.4 is 5.32 Å². The maximum atomic E-state index is 13.5. The Bertz CT molecular complexity index is 2150. The molecule has 0 radical (unpaired) electrons. The first-order chi connectivity index (χ1) is 30.8. The van der Waals surface area contributed by atoms with E-state index in [2.05, 4.69) is 15.5 Å². The molecule has 2 fully saturated rings. The number of amides is 3. The fraction of sp³-hybridized carbons (Fsp3) is 0.532. The third-order valence-corrected chi connectivity index (χ3v) is 11.0. The number of H-pyrrole nitrogens is 1. The average Bonchev–Trinajstić information content (AvgIpc) is 3.67. The smallest absolute Gasteiger partial charge is 0.410 e. The molecule has 2 aromatic carbocycles. The molecular weight excluding hydrogens is 843 g/mol. The lowest BCUT2D eigenvalue weighted by atomic mass is 9.88. The second-order valence-corrected chi connectivity index (χ2v) is 17.1. The van der Waals surface area contributed by atoms with Gasteiger partial charge in [-0.15, -0.1) is 0 Å². The fourth-order valence-electron chi connectivity index (χ4n) is 8.00. The number of hydrogen-bond acceptors (Lipinski definition) is 14. The summed E-state index contributed by atoms with van der Waals surface area (Å²) in [6.07, 6.45) is -4.90. The van der Waals surface area contributed by atoms with Gasteiger partial charge in [0.15, 0.2) is 18.3 Å². The predicted octanol–water partition coefficient (Wildman–Crippen LogP) is 4.62. The molecule has 65 heavy (non-hydrogen) atoms. The number of carbonyl (C=O) groups excluding carboxylic acids is 7. The molecule has 18 nitrogen and oxygen atoms in total. The third kappa shape index (κ3) is 13.8. The van der Waals surface area contributed by atoms with E-state index in [9.17, 15) is 33.6 Å². The molecule has 3 aromatic rings. The van der Waals surface area contributed by atoms with E-state index in [4.69, 9.17) is 28.4 Å². The maximum Gasteiger partial charge on any atom is 0.410 e. The van der Waals surface area contributed by atoms with E-state index >= 15 is 0 Å². The van der Waals surface area contributed by atoms with Gasteiger partial charge in [0.2, 0.25) is 11.8 Å². The normalized spacial score (nSPS) is 19.8. The largest absolute Gasteiger partial charge is 0.463 e. The van der Waals surface area contributed by atoms with E-state index in [0.29, 0.717) is 56.8 Å². The molecule has 2 saturated heterocycles. The van der Waals surface area contributed by atoms with Crippen LogP contribution in [0.2, 0.25) is 0 Å². The standard InChI is InChI=1S/C47H61N5O13/c1-28(2)39-36(40(50-49-39)42-44(64-32(6)56)43(63-31(5)55)41(62-30(4)54)37(65-42)27-60-29(3)53)25-34-19-17-33(18-20-34)15-12-16-38(57)48-47(7,8)45(58)51-21-23-52(24-22-51)46(59)61-26-35-13-10-9-11-14-35/h9-11,13-14,17-20,28,37,41-44H,12,15-16,21-27H2,1-8H3,(H,48,57)(H,49,50)/t37-,41+,42+,43+,44+/m1/s1. The minimum Gasteiger partial charge on any atom is -0.463 e. The number of carbonyl (C=O) groups is 7. The molecule has 0 spiro atoms. The summed E-state index contributed by atoms with van der Waals surface area (Å²) in [5.41, 5.74) is 3.53. The second kappa shape index (κ2) is 22.5. The zero-order chi connectivity index (χ0) is 47.4. The lowest BCUT2D eigenvalue weighted by Crippen LogP contribution is -2.60. The van der Waals surface area contributed by atoms with Gasteiger partial charge in [0.25, 0.3) is 0 Å². The monoisotopic (exact) mass is 903 g/mol. The molecule has 0 bridgehead atoms. The van der Waals surface area contributed by atoms with Crippen LogP contribution in [0.25, 0.3) is 0 Å². The molecule has 3 heterocycles. The maximum absolute atomic E-state index is 13.5. The number of aromatic amines is 1. The zero-order valence-electron chi connectivity index (χ0n) is 38.4. The van der Waals surface area contributed by atoms with Crippen molar-refractivity contribution in [1.82, 2.24) is 25.3 Å². The van der Waals surface area contributed by atoms with Crippen molar-refractivity contribution in [3.05, 3.63) is 88.2 Å². The van der Waals surface area contributed by atoms with Crippen LogP contribution >= 0.6 is 0 Å². The van der Waals surface area contributed by atoms with Crippen LogP contribution in [-0.2, 0) is 76.6 Å². The molecular formula is C47H61N5O13. The predicted molar refractivity (Wildman–Crippen MR) is 233 cm³/mol.